The Hall–Kier alpha value is -1.25. The number of benzene rings is 1. The molecule has 8 heteroatoms. The van der Waals surface area contributed by atoms with Gasteiger partial charge in [-0.3, -0.25) is 0 Å². The SMILES string of the molecule is CC1CCN(S(=O)(=O)c2ccc(F)c(N)c2F)C1CO. The van der Waals surface area contributed by atoms with Gasteiger partial charge in [-0.25, -0.2) is 17.2 Å². The molecule has 0 spiro atoms. The minimum Gasteiger partial charge on any atom is -0.395 e. The first kappa shape index (κ1) is 15.1. The van der Waals surface area contributed by atoms with E-state index in [0.717, 1.165) is 16.4 Å². The van der Waals surface area contributed by atoms with Crippen LogP contribution in [-0.4, -0.2) is 37.0 Å². The standard InChI is InChI=1S/C12H16F2N2O3S/c1-7-4-5-16(9(7)6-17)20(18,19)10-3-2-8(13)12(15)11(10)14/h2-3,7,9,17H,4-6,15H2,1H3. The number of nitrogens with two attached hydrogens (primary N) is 1. The van der Waals surface area contributed by atoms with Gasteiger partial charge >= 0.3 is 0 Å². The summed E-state index contributed by atoms with van der Waals surface area (Å²) < 4.78 is 52.9. The lowest BCUT2D eigenvalue weighted by molar-refractivity contribution is 0.191. The summed E-state index contributed by atoms with van der Waals surface area (Å²) in [6.07, 6.45) is 0.572. The second-order valence-electron chi connectivity index (χ2n) is 4.90. The van der Waals surface area contributed by atoms with E-state index in [2.05, 4.69) is 0 Å². The van der Waals surface area contributed by atoms with Crippen molar-refractivity contribution in [1.82, 2.24) is 4.31 Å². The van der Waals surface area contributed by atoms with Crippen molar-refractivity contribution in [2.24, 2.45) is 5.92 Å². The summed E-state index contributed by atoms with van der Waals surface area (Å²) in [7, 11) is -4.15. The van der Waals surface area contributed by atoms with Crippen molar-refractivity contribution in [3.8, 4) is 0 Å². The van der Waals surface area contributed by atoms with Crippen LogP contribution in [0, 0.1) is 17.6 Å². The van der Waals surface area contributed by atoms with Crippen molar-refractivity contribution in [3.63, 3.8) is 0 Å². The summed E-state index contributed by atoms with van der Waals surface area (Å²) in [6, 6.07) is 1.07. The largest absolute Gasteiger partial charge is 0.395 e. The Labute approximate surface area is 116 Å². The molecule has 20 heavy (non-hydrogen) atoms. The summed E-state index contributed by atoms with van der Waals surface area (Å²) in [5.74, 6) is -2.33. The fourth-order valence-corrected chi connectivity index (χ4v) is 4.22. The highest BCUT2D eigenvalue weighted by Gasteiger charge is 2.40. The van der Waals surface area contributed by atoms with Crippen LogP contribution in [-0.2, 0) is 10.0 Å². The zero-order chi connectivity index (χ0) is 15.1. The number of anilines is 1. The molecule has 5 nitrogen and oxygen atoms in total. The Morgan fingerprint density at radius 2 is 2.10 bits per heavy atom. The second kappa shape index (κ2) is 5.27. The summed E-state index contributed by atoms with van der Waals surface area (Å²) in [5, 5.41) is 9.30. The van der Waals surface area contributed by atoms with E-state index in [4.69, 9.17) is 5.73 Å². The van der Waals surface area contributed by atoms with Gasteiger partial charge in [0.25, 0.3) is 0 Å². The van der Waals surface area contributed by atoms with Crippen LogP contribution in [0.2, 0.25) is 0 Å². The van der Waals surface area contributed by atoms with Crippen LogP contribution in [0.5, 0.6) is 0 Å². The molecule has 1 aromatic carbocycles. The number of hydrogen-bond donors (Lipinski definition) is 2. The van der Waals surface area contributed by atoms with Gasteiger partial charge in [0.1, 0.15) is 16.4 Å². The third-order valence-corrected chi connectivity index (χ3v) is 5.64. The highest BCUT2D eigenvalue weighted by Crippen LogP contribution is 2.32. The molecule has 3 N–H and O–H groups in total. The third kappa shape index (κ3) is 2.27. The van der Waals surface area contributed by atoms with Crippen LogP contribution >= 0.6 is 0 Å². The smallest absolute Gasteiger partial charge is 0.246 e. The zero-order valence-corrected chi connectivity index (χ0v) is 11.7. The summed E-state index contributed by atoms with van der Waals surface area (Å²) in [4.78, 5) is -0.663. The monoisotopic (exact) mass is 306 g/mol. The number of aliphatic hydroxyl groups excluding tert-OH is 1. The van der Waals surface area contributed by atoms with E-state index in [-0.39, 0.29) is 19.1 Å². The minimum absolute atomic E-state index is 0.0318. The molecule has 0 aliphatic carbocycles. The molecular formula is C12H16F2N2O3S. The van der Waals surface area contributed by atoms with Crippen molar-refractivity contribution in [2.45, 2.75) is 24.3 Å². The quantitative estimate of drug-likeness (QED) is 0.814. The molecule has 2 atom stereocenters. The molecule has 2 unspecified atom stereocenters. The average molecular weight is 306 g/mol. The predicted molar refractivity (Wildman–Crippen MR) is 69.3 cm³/mol. The van der Waals surface area contributed by atoms with Gasteiger partial charge in [-0.2, -0.15) is 4.31 Å². The van der Waals surface area contributed by atoms with Crippen LogP contribution in [0.15, 0.2) is 17.0 Å². The molecule has 112 valence electrons. The van der Waals surface area contributed by atoms with E-state index < -0.39 is 38.3 Å². The number of aliphatic hydroxyl groups is 1. The number of sulfonamides is 1. The Morgan fingerprint density at radius 1 is 1.45 bits per heavy atom. The number of rotatable bonds is 3. The maximum Gasteiger partial charge on any atom is 0.246 e. The first-order valence-electron chi connectivity index (χ1n) is 6.17. The van der Waals surface area contributed by atoms with E-state index in [0.29, 0.717) is 6.42 Å². The Bertz CT molecular complexity index is 621. The molecule has 2 rings (SSSR count). The van der Waals surface area contributed by atoms with Crippen LogP contribution < -0.4 is 5.73 Å². The van der Waals surface area contributed by atoms with E-state index in [1.165, 1.54) is 0 Å². The number of nitrogens with zero attached hydrogens (tertiary/aromatic N) is 1. The molecule has 0 saturated carbocycles. The number of nitrogen functional groups attached to an aromatic ring is 1. The molecule has 1 aliphatic rings. The predicted octanol–water partition coefficient (Wildman–Crippen LogP) is 0.938. The first-order valence-corrected chi connectivity index (χ1v) is 7.61. The highest BCUT2D eigenvalue weighted by molar-refractivity contribution is 7.89. The Kier molecular flexibility index (Phi) is 3.99. The fourth-order valence-electron chi connectivity index (χ4n) is 2.42. The molecule has 1 heterocycles. The maximum atomic E-state index is 13.9. The lowest BCUT2D eigenvalue weighted by Gasteiger charge is -2.24. The lowest BCUT2D eigenvalue weighted by Crippen LogP contribution is -2.40. The minimum atomic E-state index is -4.15. The van der Waals surface area contributed by atoms with Gasteiger partial charge in [0.2, 0.25) is 10.0 Å². The molecule has 1 saturated heterocycles. The lowest BCUT2D eigenvalue weighted by atomic mass is 10.0. The van der Waals surface area contributed by atoms with Gasteiger partial charge in [0.05, 0.1) is 12.6 Å². The van der Waals surface area contributed by atoms with E-state index in [1.54, 1.807) is 0 Å². The zero-order valence-electron chi connectivity index (χ0n) is 10.9. The van der Waals surface area contributed by atoms with Crippen LogP contribution in [0.4, 0.5) is 14.5 Å². The van der Waals surface area contributed by atoms with Crippen LogP contribution in [0.3, 0.4) is 0 Å². The van der Waals surface area contributed by atoms with Crippen molar-refractivity contribution >= 4 is 15.7 Å². The van der Waals surface area contributed by atoms with Gasteiger partial charge < -0.3 is 10.8 Å². The normalized spacial score (nSPS) is 24.2. The Balaban J connectivity index is 2.49. The van der Waals surface area contributed by atoms with Gasteiger partial charge in [-0.15, -0.1) is 0 Å². The van der Waals surface area contributed by atoms with E-state index >= 15 is 0 Å². The molecule has 0 radical (unpaired) electrons. The highest BCUT2D eigenvalue weighted by atomic mass is 32.2. The van der Waals surface area contributed by atoms with Crippen molar-refractivity contribution < 1.29 is 22.3 Å². The molecule has 1 aromatic rings. The van der Waals surface area contributed by atoms with E-state index in [1.807, 2.05) is 6.92 Å². The molecular weight excluding hydrogens is 290 g/mol. The Morgan fingerprint density at radius 3 is 2.70 bits per heavy atom. The van der Waals surface area contributed by atoms with Gasteiger partial charge in [0, 0.05) is 6.54 Å². The topological polar surface area (TPSA) is 83.6 Å². The summed E-state index contributed by atoms with van der Waals surface area (Å²) in [6.45, 7) is 1.65. The summed E-state index contributed by atoms with van der Waals surface area (Å²) in [5.41, 5.74) is 4.37. The van der Waals surface area contributed by atoms with Gasteiger partial charge in [-0.05, 0) is 24.5 Å². The third-order valence-electron chi connectivity index (χ3n) is 3.70. The first-order chi connectivity index (χ1) is 9.30. The maximum absolute atomic E-state index is 13.9. The molecule has 0 aromatic heterocycles. The van der Waals surface area contributed by atoms with Crippen molar-refractivity contribution in [3.05, 3.63) is 23.8 Å². The summed E-state index contributed by atoms with van der Waals surface area (Å²) >= 11 is 0. The molecule has 1 fully saturated rings. The van der Waals surface area contributed by atoms with Gasteiger partial charge in [-0.1, -0.05) is 6.92 Å². The molecule has 1 aliphatic heterocycles. The van der Waals surface area contributed by atoms with Crippen molar-refractivity contribution in [1.29, 1.82) is 0 Å². The van der Waals surface area contributed by atoms with Crippen LogP contribution in [0.1, 0.15) is 13.3 Å². The molecule has 0 amide bonds. The van der Waals surface area contributed by atoms with Gasteiger partial charge in [0.15, 0.2) is 5.82 Å². The number of halogens is 2. The van der Waals surface area contributed by atoms with Crippen molar-refractivity contribution in [2.75, 3.05) is 18.9 Å². The average Bonchev–Trinajstić information content (AvgIpc) is 2.77. The number of hydrogen-bond acceptors (Lipinski definition) is 4. The fraction of sp³-hybridized carbons (Fsp3) is 0.500. The van der Waals surface area contributed by atoms with E-state index in [9.17, 15) is 22.3 Å². The molecule has 0 bridgehead atoms. The second-order valence-corrected chi connectivity index (χ2v) is 6.76. The van der Waals surface area contributed by atoms with Crippen LogP contribution in [0.25, 0.3) is 0 Å².